The molecule has 4 aromatic rings. The molecule has 28 heteroatoms. The molecule has 0 fully saturated rings. The fraction of sp³-hybridized carbons (Fsp3) is 0.385. The molecule has 5 atom stereocenters. The van der Waals surface area contributed by atoms with Gasteiger partial charge in [-0.2, -0.15) is 0 Å². The largest absolute Gasteiger partial charge is 0.481 e. The minimum absolute atomic E-state index is 0.0476. The molecule has 28 nitrogen and oxygen atoms in total. The number of aliphatic carboxylic acids is 2. The Morgan fingerprint density at radius 3 is 1.46 bits per heavy atom. The second kappa shape index (κ2) is 32.8. The van der Waals surface area contributed by atoms with Crippen molar-refractivity contribution < 1.29 is 58.2 Å². The van der Waals surface area contributed by atoms with Gasteiger partial charge in [0.05, 0.1) is 32.0 Å². The van der Waals surface area contributed by atoms with Crippen LogP contribution in [-0.4, -0.2) is 151 Å². The highest BCUT2D eigenvalue weighted by molar-refractivity contribution is 5.98. The first-order valence-corrected chi connectivity index (χ1v) is 30.3. The minimum atomic E-state index is -1.51. The lowest BCUT2D eigenvalue weighted by molar-refractivity contribution is -0.140. The van der Waals surface area contributed by atoms with Crippen molar-refractivity contribution in [2.75, 3.05) is 49.1 Å². The molecule has 496 valence electrons. The van der Waals surface area contributed by atoms with Crippen molar-refractivity contribution in [3.63, 3.8) is 0 Å². The second-order valence-corrected chi connectivity index (χ2v) is 23.5. The number of carbonyl (C=O) groups excluding carboxylic acids is 8. The Labute approximate surface area is 537 Å². The molecular weight excluding hydrogens is 1200 g/mol. The molecule has 8 amide bonds. The molecule has 6 rings (SSSR count). The number of aliphatic imine (C=N–C) groups is 2. The van der Waals surface area contributed by atoms with Crippen molar-refractivity contribution in [1.82, 2.24) is 31.9 Å². The predicted octanol–water partition coefficient (Wildman–Crippen LogP) is 0.788. The van der Waals surface area contributed by atoms with Crippen molar-refractivity contribution in [2.45, 2.75) is 120 Å². The van der Waals surface area contributed by atoms with E-state index in [0.717, 1.165) is 49.7 Å². The van der Waals surface area contributed by atoms with Crippen LogP contribution in [-0.2, 0) is 58.8 Å². The number of carboxylic acid groups (broad SMARTS) is 2. The Bertz CT molecular complexity index is 3660. The molecule has 1 unspecified atom stereocenters. The Hall–Kier alpha value is -10.8. The second-order valence-electron chi connectivity index (χ2n) is 23.5. The first kappa shape index (κ1) is 71.3. The van der Waals surface area contributed by atoms with Crippen LogP contribution >= 0.6 is 0 Å². The minimum Gasteiger partial charge on any atom is -0.481 e. The topological polar surface area (TPSA) is 471 Å². The van der Waals surface area contributed by atoms with E-state index in [2.05, 4.69) is 97.6 Å². The zero-order valence-electron chi connectivity index (χ0n) is 52.5. The number of hydrogen-bond acceptors (Lipinski definition) is 14. The number of fused-ring (bicyclic) bond motifs is 6. The number of primary amides is 2. The first-order valence-electron chi connectivity index (χ1n) is 30.3. The Morgan fingerprint density at radius 2 is 0.978 bits per heavy atom. The third kappa shape index (κ3) is 19.6. The average molecular weight is 1280 g/mol. The third-order valence-corrected chi connectivity index (χ3v) is 16.0. The maximum Gasteiger partial charge on any atom is 0.305 e. The maximum atomic E-state index is 13.9. The van der Waals surface area contributed by atoms with Crippen LogP contribution in [0.3, 0.4) is 0 Å². The lowest BCUT2D eigenvalue weighted by atomic mass is 9.78. The van der Waals surface area contributed by atoms with Crippen molar-refractivity contribution in [3.8, 4) is 0 Å². The summed E-state index contributed by atoms with van der Waals surface area (Å²) in [4.78, 5) is 138. The number of rotatable bonds is 34. The van der Waals surface area contributed by atoms with Crippen LogP contribution in [0, 0.1) is 0 Å². The van der Waals surface area contributed by atoms with E-state index in [9.17, 15) is 47.9 Å². The number of nitrogens with one attached hydrogen (secondary N) is 6. The van der Waals surface area contributed by atoms with E-state index >= 15 is 0 Å². The number of hydrogen-bond donors (Lipinski definition) is 14. The van der Waals surface area contributed by atoms with Crippen LogP contribution in [0.1, 0.15) is 90.2 Å². The van der Waals surface area contributed by atoms with Crippen molar-refractivity contribution in [1.29, 1.82) is 0 Å². The molecule has 0 aromatic heterocycles. The van der Waals surface area contributed by atoms with Gasteiger partial charge in [-0.05, 0) is 76.6 Å². The molecule has 4 aromatic carbocycles. The zero-order chi connectivity index (χ0) is 68.2. The number of anilines is 2. The molecule has 2 aliphatic heterocycles. The summed E-state index contributed by atoms with van der Waals surface area (Å²) in [5, 5.41) is 37.3. The highest BCUT2D eigenvalue weighted by Gasteiger charge is 2.45. The molecule has 0 bridgehead atoms. The van der Waals surface area contributed by atoms with E-state index in [1.807, 2.05) is 97.1 Å². The average Bonchev–Trinajstić information content (AvgIpc) is 1.59. The van der Waals surface area contributed by atoms with Crippen LogP contribution in [0.25, 0.3) is 21.5 Å². The van der Waals surface area contributed by atoms with Crippen LogP contribution in [0.5, 0.6) is 0 Å². The summed E-state index contributed by atoms with van der Waals surface area (Å²) in [5.41, 5.74) is 36.4. The zero-order valence-corrected chi connectivity index (χ0v) is 52.5. The summed E-state index contributed by atoms with van der Waals surface area (Å²) >= 11 is 0. The van der Waals surface area contributed by atoms with E-state index in [0.29, 0.717) is 0 Å². The molecule has 2 heterocycles. The highest BCUT2D eigenvalue weighted by atomic mass is 16.4. The molecule has 0 spiro atoms. The van der Waals surface area contributed by atoms with Gasteiger partial charge >= 0.3 is 11.9 Å². The summed E-state index contributed by atoms with van der Waals surface area (Å²) in [6.07, 6.45) is 12.7. The van der Waals surface area contributed by atoms with Gasteiger partial charge in [0.1, 0.15) is 24.2 Å². The molecule has 0 saturated carbocycles. The van der Waals surface area contributed by atoms with Gasteiger partial charge in [0.2, 0.25) is 47.3 Å². The molecule has 93 heavy (non-hydrogen) atoms. The first-order chi connectivity index (χ1) is 44.1. The smallest absolute Gasteiger partial charge is 0.305 e. The van der Waals surface area contributed by atoms with E-state index < -0.39 is 120 Å². The van der Waals surface area contributed by atoms with Gasteiger partial charge in [-0.25, -0.2) is 0 Å². The van der Waals surface area contributed by atoms with E-state index in [1.54, 1.807) is 0 Å². The van der Waals surface area contributed by atoms with Gasteiger partial charge < -0.3 is 86.3 Å². The molecule has 0 radical (unpaired) electrons. The Kier molecular flexibility index (Phi) is 25.1. The number of guanidine groups is 2. The van der Waals surface area contributed by atoms with E-state index in [4.69, 9.17) is 44.6 Å². The standard InChI is InChI=1S/C65H84N16O12/c1-64(2)48(80(46-26-24-38-16-10-12-18-40(38)56(46)64)32-28-50(82)76-42(20-14-30-72-62(68)69)60(92)74-36-52(84)78-44(58(66)90)34-54(86)87)22-8-6-5-7-9-23-49-65(3,4)57-41-19-13-11-17-39(41)25-27-47(57)81(49)33-29-51(83)77-43(21-15-31-73-63(70)71)61(93)75-37-53(85)79-45(59(67)91)35-55(88)89/h5-13,16-19,22-27,42-45,48H,14-15,20-21,28-37H2,1-4H3,(H2,66,90)(H2,67,91)(H,74,92)(H,75,93)(H,76,82)(H,77,83)(H,78,84)(H,79,85)(H,86,87)(H,88,89)(H4,68,69,72)(H4,70,71,73)/b6-5+,9-7+,22-8+,49-23+/t42-,43-,44-,45-,48?/m0/s1. The fourth-order valence-electron chi connectivity index (χ4n) is 11.6. The molecule has 0 saturated heterocycles. The van der Waals surface area contributed by atoms with E-state index in [-0.39, 0.29) is 82.7 Å². The van der Waals surface area contributed by atoms with Gasteiger partial charge in [-0.15, -0.1) is 0 Å². The monoisotopic (exact) mass is 1280 g/mol. The fourth-order valence-corrected chi connectivity index (χ4v) is 11.6. The summed E-state index contributed by atoms with van der Waals surface area (Å²) < 4.78 is 0. The summed E-state index contributed by atoms with van der Waals surface area (Å²) in [5.74, 6) is -9.32. The van der Waals surface area contributed by atoms with Gasteiger partial charge in [0.25, 0.3) is 0 Å². The van der Waals surface area contributed by atoms with Gasteiger partial charge in [-0.1, -0.05) is 125 Å². The molecule has 2 aliphatic rings. The van der Waals surface area contributed by atoms with Crippen molar-refractivity contribution in [2.24, 2.45) is 44.4 Å². The van der Waals surface area contributed by atoms with Gasteiger partial charge in [-0.3, -0.25) is 57.9 Å². The molecule has 20 N–H and O–H groups in total. The van der Waals surface area contributed by atoms with Crippen LogP contribution in [0.4, 0.5) is 11.4 Å². The number of carboxylic acids is 2. The normalized spacial score (nSPS) is 16.2. The number of carbonyl (C=O) groups is 10. The van der Waals surface area contributed by atoms with Crippen molar-refractivity contribution >= 4 is 104 Å². The van der Waals surface area contributed by atoms with Crippen LogP contribution in [0.2, 0.25) is 0 Å². The number of allylic oxidation sites excluding steroid dienone is 7. The van der Waals surface area contributed by atoms with E-state index in [1.165, 1.54) is 0 Å². The molecular formula is C65H84N16O12. The summed E-state index contributed by atoms with van der Waals surface area (Å²) in [6.45, 7) is 7.97. The summed E-state index contributed by atoms with van der Waals surface area (Å²) in [6, 6.07) is 18.7. The van der Waals surface area contributed by atoms with Gasteiger partial charge in [0.15, 0.2) is 11.9 Å². The Morgan fingerprint density at radius 1 is 0.538 bits per heavy atom. The lowest BCUT2D eigenvalue weighted by Crippen LogP contribution is -2.52. The number of amides is 8. The quantitative estimate of drug-likeness (QED) is 0.0133. The number of nitrogens with two attached hydrogens (primary N) is 6. The van der Waals surface area contributed by atoms with Crippen LogP contribution in [0.15, 0.2) is 131 Å². The summed E-state index contributed by atoms with van der Waals surface area (Å²) in [7, 11) is 0. The Balaban J connectivity index is 1.19. The lowest BCUT2D eigenvalue weighted by Gasteiger charge is -2.32. The number of benzene rings is 4. The SMILES string of the molecule is CC1(C)\C(=C/C=C/C=C/C=C/C2N(CCC(=O)N[C@@H](CCCN=C(N)N)C(=O)NCC(=O)N[C@@H](CC(=O)O)C(N)=O)c3ccc4ccccc4c3C2(C)C)N(CCC(=O)N[C@@H](CCCN=C(N)N)C(=O)NCC(=O)N[C@@H](CC(=O)O)C(N)=O)c2ccc3ccccc3c21. The molecule has 0 aliphatic carbocycles. The predicted molar refractivity (Wildman–Crippen MR) is 354 cm³/mol. The number of nitrogens with zero attached hydrogens (tertiary/aromatic N) is 4. The maximum absolute atomic E-state index is 13.9. The highest BCUT2D eigenvalue weighted by Crippen LogP contribution is 2.51. The van der Waals surface area contributed by atoms with Gasteiger partial charge in [0, 0.05) is 66.9 Å². The van der Waals surface area contributed by atoms with Crippen molar-refractivity contribution in [3.05, 3.63) is 132 Å². The van der Waals surface area contributed by atoms with Crippen LogP contribution < -0.4 is 76.1 Å². The third-order valence-electron chi connectivity index (χ3n) is 16.0.